The number of nitrogens with one attached hydrogen (secondary N) is 1. The molecule has 0 aliphatic carbocycles. The molecule has 1 atom stereocenters. The molecule has 2 heterocycles. The molecular weight excluding hydrogens is 463 g/mol. The van der Waals surface area contributed by atoms with Crippen LogP contribution in [0.25, 0.3) is 11.3 Å². The fraction of sp³-hybridized carbons (Fsp3) is 0.125. The van der Waals surface area contributed by atoms with Crippen LogP contribution in [0.4, 0.5) is 10.1 Å². The van der Waals surface area contributed by atoms with Gasteiger partial charge in [-0.25, -0.2) is 4.39 Å². The first kappa shape index (κ1) is 21.5. The summed E-state index contributed by atoms with van der Waals surface area (Å²) in [4.78, 5) is 4.60. The monoisotopic (exact) mass is 480 g/mol. The molecule has 5 rings (SSSR count). The normalized spacial score (nSPS) is 14.3. The predicted octanol–water partition coefficient (Wildman–Crippen LogP) is 6.14. The van der Waals surface area contributed by atoms with Gasteiger partial charge in [0.25, 0.3) is 0 Å². The third kappa shape index (κ3) is 4.44. The fourth-order valence-corrected chi connectivity index (χ4v) is 4.46. The fourth-order valence-electron chi connectivity index (χ4n) is 3.52. The number of benzene rings is 3. The first-order chi connectivity index (χ1) is 16.1. The van der Waals surface area contributed by atoms with Crippen molar-refractivity contribution in [3.8, 4) is 22.9 Å². The second-order valence-electron chi connectivity index (χ2n) is 7.20. The molecule has 1 aliphatic heterocycles. The Morgan fingerprint density at radius 1 is 1.09 bits per heavy atom. The molecule has 1 N–H and O–H groups in total. The minimum Gasteiger partial charge on any atom is -0.496 e. The molecule has 0 fully saturated rings. The molecule has 0 unspecified atom stereocenters. The molecule has 33 heavy (non-hydrogen) atoms. The number of halogens is 2. The van der Waals surface area contributed by atoms with E-state index in [1.54, 1.807) is 43.5 Å². The van der Waals surface area contributed by atoms with Crippen LogP contribution < -0.4 is 14.8 Å². The summed E-state index contributed by atoms with van der Waals surface area (Å²) in [6, 6.07) is 19.6. The number of methoxy groups -OCH3 is 1. The quantitative estimate of drug-likeness (QED) is 0.344. The molecule has 0 radical (unpaired) electrons. The van der Waals surface area contributed by atoms with E-state index in [-0.39, 0.29) is 5.82 Å². The van der Waals surface area contributed by atoms with Gasteiger partial charge in [0.2, 0.25) is 17.3 Å². The van der Waals surface area contributed by atoms with Crippen molar-refractivity contribution in [1.29, 1.82) is 0 Å². The van der Waals surface area contributed by atoms with Crippen molar-refractivity contribution < 1.29 is 13.9 Å². The summed E-state index contributed by atoms with van der Waals surface area (Å²) >= 11 is 7.55. The first-order valence-electron chi connectivity index (χ1n) is 10.1. The number of fused-ring (bicyclic) bond motifs is 3. The second kappa shape index (κ2) is 9.25. The third-order valence-electron chi connectivity index (χ3n) is 5.12. The average molecular weight is 481 g/mol. The molecule has 166 valence electrons. The maximum absolute atomic E-state index is 14.0. The zero-order valence-corrected chi connectivity index (χ0v) is 19.0. The molecule has 0 saturated heterocycles. The van der Waals surface area contributed by atoms with Crippen LogP contribution in [0.3, 0.4) is 0 Å². The molecule has 9 heteroatoms. The summed E-state index contributed by atoms with van der Waals surface area (Å²) in [5.74, 6) is 1.03. The van der Waals surface area contributed by atoms with Crippen molar-refractivity contribution in [3.63, 3.8) is 0 Å². The standard InChI is InChI=1S/C24H18ClFN4O2S/c1-31-20-11-10-15(25)12-17(20)22-27-19-9-5-3-7-16(19)21-23(32-22)28-24(30-29-21)33-13-14-6-2-4-8-18(14)26/h2-12,22,27H,13H2,1H3/t22-/m1/s1. The zero-order valence-electron chi connectivity index (χ0n) is 17.5. The molecule has 3 aromatic carbocycles. The maximum atomic E-state index is 14.0. The minimum absolute atomic E-state index is 0.268. The highest BCUT2D eigenvalue weighted by Gasteiger charge is 2.28. The molecule has 0 bridgehead atoms. The van der Waals surface area contributed by atoms with E-state index in [0.29, 0.717) is 44.4 Å². The summed E-state index contributed by atoms with van der Waals surface area (Å²) in [5, 5.41) is 13.0. The van der Waals surface area contributed by atoms with Crippen molar-refractivity contribution in [2.24, 2.45) is 0 Å². The van der Waals surface area contributed by atoms with Crippen LogP contribution >= 0.6 is 23.4 Å². The van der Waals surface area contributed by atoms with Crippen LogP contribution in [0.15, 0.2) is 71.9 Å². The number of hydrogen-bond donors (Lipinski definition) is 1. The highest BCUT2D eigenvalue weighted by Crippen LogP contribution is 2.41. The Morgan fingerprint density at radius 2 is 1.91 bits per heavy atom. The second-order valence-corrected chi connectivity index (χ2v) is 8.58. The van der Waals surface area contributed by atoms with Gasteiger partial charge in [-0.3, -0.25) is 0 Å². The molecule has 0 saturated carbocycles. The van der Waals surface area contributed by atoms with Crippen molar-refractivity contribution in [3.05, 3.63) is 88.7 Å². The lowest BCUT2D eigenvalue weighted by atomic mass is 10.1. The van der Waals surface area contributed by atoms with Gasteiger partial charge in [0.1, 0.15) is 11.6 Å². The van der Waals surface area contributed by atoms with E-state index in [2.05, 4.69) is 20.5 Å². The highest BCUT2D eigenvalue weighted by molar-refractivity contribution is 7.98. The van der Waals surface area contributed by atoms with Gasteiger partial charge < -0.3 is 14.8 Å². The summed E-state index contributed by atoms with van der Waals surface area (Å²) in [7, 11) is 1.59. The minimum atomic E-state index is -0.637. The molecular formula is C24H18ClFN4O2S. The van der Waals surface area contributed by atoms with Gasteiger partial charge >= 0.3 is 0 Å². The smallest absolute Gasteiger partial charge is 0.247 e. The number of ether oxygens (including phenoxy) is 2. The lowest BCUT2D eigenvalue weighted by molar-refractivity contribution is 0.220. The van der Waals surface area contributed by atoms with Crippen molar-refractivity contribution in [2.45, 2.75) is 17.1 Å². The van der Waals surface area contributed by atoms with Crippen molar-refractivity contribution in [2.75, 3.05) is 12.4 Å². The van der Waals surface area contributed by atoms with E-state index in [1.807, 2.05) is 24.3 Å². The molecule has 0 amide bonds. The predicted molar refractivity (Wildman–Crippen MR) is 126 cm³/mol. The number of nitrogens with zero attached hydrogens (tertiary/aromatic N) is 3. The number of para-hydroxylation sites is 1. The molecule has 4 aromatic rings. The van der Waals surface area contributed by atoms with Crippen LogP contribution in [-0.4, -0.2) is 22.3 Å². The van der Waals surface area contributed by atoms with E-state index < -0.39 is 6.23 Å². The number of anilines is 1. The summed E-state index contributed by atoms with van der Waals surface area (Å²) < 4.78 is 25.8. The van der Waals surface area contributed by atoms with Gasteiger partial charge in [-0.15, -0.1) is 10.2 Å². The summed E-state index contributed by atoms with van der Waals surface area (Å²) in [6.45, 7) is 0. The van der Waals surface area contributed by atoms with Crippen LogP contribution in [0.2, 0.25) is 5.02 Å². The van der Waals surface area contributed by atoms with E-state index in [0.717, 1.165) is 11.3 Å². The van der Waals surface area contributed by atoms with Crippen LogP contribution in [0, 0.1) is 5.82 Å². The summed E-state index contributed by atoms with van der Waals surface area (Å²) in [6.07, 6.45) is -0.637. The Labute approximate surface area is 199 Å². The van der Waals surface area contributed by atoms with Crippen LogP contribution in [0.5, 0.6) is 11.6 Å². The average Bonchev–Trinajstić information content (AvgIpc) is 3.00. The zero-order chi connectivity index (χ0) is 22.8. The lowest BCUT2D eigenvalue weighted by Gasteiger charge is -2.21. The van der Waals surface area contributed by atoms with Gasteiger partial charge in [0.15, 0.2) is 5.69 Å². The lowest BCUT2D eigenvalue weighted by Crippen LogP contribution is -2.18. The summed E-state index contributed by atoms with van der Waals surface area (Å²) in [5.41, 5.74) is 3.41. The van der Waals surface area contributed by atoms with E-state index in [4.69, 9.17) is 21.1 Å². The Bertz CT molecular complexity index is 1320. The number of rotatable bonds is 5. The van der Waals surface area contributed by atoms with Gasteiger partial charge in [-0.1, -0.05) is 59.8 Å². The van der Waals surface area contributed by atoms with Gasteiger partial charge in [-0.2, -0.15) is 4.98 Å². The number of thioether (sulfide) groups is 1. The Morgan fingerprint density at radius 3 is 2.76 bits per heavy atom. The van der Waals surface area contributed by atoms with E-state index in [9.17, 15) is 4.39 Å². The Hall–Kier alpha value is -3.36. The highest BCUT2D eigenvalue weighted by atomic mass is 35.5. The molecule has 6 nitrogen and oxygen atoms in total. The topological polar surface area (TPSA) is 69.2 Å². The largest absolute Gasteiger partial charge is 0.496 e. The maximum Gasteiger partial charge on any atom is 0.247 e. The van der Waals surface area contributed by atoms with Crippen molar-refractivity contribution in [1.82, 2.24) is 15.2 Å². The Balaban J connectivity index is 1.53. The third-order valence-corrected chi connectivity index (χ3v) is 6.24. The van der Waals surface area contributed by atoms with E-state index in [1.165, 1.54) is 17.8 Å². The van der Waals surface area contributed by atoms with Crippen LogP contribution in [-0.2, 0) is 5.75 Å². The Kier molecular flexibility index (Phi) is 6.02. The molecule has 0 spiro atoms. The number of aromatic nitrogens is 3. The van der Waals surface area contributed by atoms with Gasteiger partial charge in [0, 0.05) is 22.0 Å². The SMILES string of the molecule is COc1ccc(Cl)cc1[C@@H]1Nc2ccccc2-c2nnc(SCc3ccccc3F)nc2O1. The van der Waals surface area contributed by atoms with Gasteiger partial charge in [0.05, 0.1) is 12.7 Å². The number of hydrogen-bond acceptors (Lipinski definition) is 7. The molecule has 1 aliphatic rings. The van der Waals surface area contributed by atoms with Crippen LogP contribution in [0.1, 0.15) is 17.4 Å². The van der Waals surface area contributed by atoms with Crippen molar-refractivity contribution >= 4 is 29.1 Å². The van der Waals surface area contributed by atoms with Gasteiger partial charge in [-0.05, 0) is 35.9 Å². The molecule has 1 aromatic heterocycles. The first-order valence-corrected chi connectivity index (χ1v) is 11.5. The van der Waals surface area contributed by atoms with E-state index >= 15 is 0 Å².